The van der Waals surface area contributed by atoms with Crippen LogP contribution in [-0.4, -0.2) is 38.2 Å². The van der Waals surface area contributed by atoms with Crippen LogP contribution >= 0.6 is 0 Å². The van der Waals surface area contributed by atoms with E-state index < -0.39 is 33.4 Å². The first-order chi connectivity index (χ1) is 9.90. The molecule has 1 aromatic rings. The number of carbonyl (C=O) groups excluding carboxylic acids is 2. The van der Waals surface area contributed by atoms with Gasteiger partial charge in [0.15, 0.2) is 15.9 Å². The molecule has 0 unspecified atom stereocenters. The third-order valence-electron chi connectivity index (χ3n) is 2.67. The van der Waals surface area contributed by atoms with Gasteiger partial charge in [-0.3, -0.25) is 4.79 Å². The Morgan fingerprint density at radius 2 is 1.64 bits per heavy atom. The molecule has 0 fully saturated rings. The molecule has 1 amide bonds. The highest BCUT2D eigenvalue weighted by molar-refractivity contribution is 7.90. The van der Waals surface area contributed by atoms with Gasteiger partial charge in [0.05, 0.1) is 10.5 Å². The van der Waals surface area contributed by atoms with Gasteiger partial charge in [0, 0.05) is 11.8 Å². The van der Waals surface area contributed by atoms with E-state index in [1.165, 1.54) is 31.2 Å². The van der Waals surface area contributed by atoms with Crippen LogP contribution in [0.5, 0.6) is 0 Å². The zero-order valence-corrected chi connectivity index (χ0v) is 14.2. The lowest BCUT2D eigenvalue weighted by Gasteiger charge is -2.23. The van der Waals surface area contributed by atoms with Crippen LogP contribution in [0, 0.1) is 0 Å². The smallest absolute Gasteiger partial charge is 0.338 e. The zero-order chi connectivity index (χ0) is 17.1. The van der Waals surface area contributed by atoms with Gasteiger partial charge in [-0.1, -0.05) is 0 Å². The molecule has 0 saturated carbocycles. The number of esters is 1. The van der Waals surface area contributed by atoms with E-state index in [1.54, 1.807) is 0 Å². The largest absolute Gasteiger partial charge is 0.449 e. The molecule has 0 bridgehead atoms. The third kappa shape index (κ3) is 5.48. The Hall–Kier alpha value is -1.89. The summed E-state index contributed by atoms with van der Waals surface area (Å²) in [5.41, 5.74) is -0.239. The maximum absolute atomic E-state index is 11.9. The first kappa shape index (κ1) is 18.2. The first-order valence-corrected chi connectivity index (χ1v) is 8.62. The second-order valence-corrected chi connectivity index (χ2v) is 8.10. The van der Waals surface area contributed by atoms with Crippen molar-refractivity contribution in [1.82, 2.24) is 5.32 Å². The fourth-order valence-electron chi connectivity index (χ4n) is 1.59. The second kappa shape index (κ2) is 6.48. The summed E-state index contributed by atoms with van der Waals surface area (Å²) in [5.74, 6) is -1.08. The molecule has 1 rings (SSSR count). The number of rotatable bonds is 4. The molecule has 0 spiro atoms. The molecule has 0 saturated heterocycles. The molecule has 0 aliphatic heterocycles. The summed E-state index contributed by atoms with van der Waals surface area (Å²) < 4.78 is 27.8. The van der Waals surface area contributed by atoms with E-state index in [9.17, 15) is 18.0 Å². The van der Waals surface area contributed by atoms with Gasteiger partial charge >= 0.3 is 5.97 Å². The molecule has 7 heteroatoms. The van der Waals surface area contributed by atoms with Crippen LogP contribution in [0.3, 0.4) is 0 Å². The van der Waals surface area contributed by atoms with Crippen LogP contribution in [0.1, 0.15) is 38.1 Å². The molecule has 0 aromatic heterocycles. The van der Waals surface area contributed by atoms with E-state index >= 15 is 0 Å². The number of nitrogens with one attached hydrogen (secondary N) is 1. The quantitative estimate of drug-likeness (QED) is 0.848. The van der Waals surface area contributed by atoms with E-state index in [0.717, 1.165) is 6.26 Å². The number of carbonyl (C=O) groups is 2. The van der Waals surface area contributed by atoms with Crippen molar-refractivity contribution < 1.29 is 22.7 Å². The normalized spacial score (nSPS) is 13.3. The number of hydrogen-bond donors (Lipinski definition) is 1. The number of benzene rings is 1. The van der Waals surface area contributed by atoms with Crippen molar-refractivity contribution in [3.8, 4) is 0 Å². The van der Waals surface area contributed by atoms with Crippen molar-refractivity contribution >= 4 is 21.7 Å². The lowest BCUT2D eigenvalue weighted by atomic mass is 10.1. The highest BCUT2D eigenvalue weighted by atomic mass is 32.2. The Kier molecular flexibility index (Phi) is 5.35. The Balaban J connectivity index is 2.75. The van der Waals surface area contributed by atoms with Gasteiger partial charge in [-0.25, -0.2) is 13.2 Å². The first-order valence-electron chi connectivity index (χ1n) is 6.73. The van der Waals surface area contributed by atoms with E-state index in [0.29, 0.717) is 0 Å². The molecule has 1 N–H and O–H groups in total. The summed E-state index contributed by atoms with van der Waals surface area (Å²) in [4.78, 5) is 23.9. The molecule has 1 atom stereocenters. The summed E-state index contributed by atoms with van der Waals surface area (Å²) in [6.07, 6.45) is 0.139. The molecule has 1 aromatic carbocycles. The summed E-state index contributed by atoms with van der Waals surface area (Å²) in [5, 5.41) is 2.71. The van der Waals surface area contributed by atoms with Gasteiger partial charge in [-0.15, -0.1) is 0 Å². The van der Waals surface area contributed by atoms with E-state index in [2.05, 4.69) is 5.32 Å². The SMILES string of the molecule is C[C@H](OC(=O)c1ccc(S(C)(=O)=O)cc1)C(=O)NC(C)(C)C. The van der Waals surface area contributed by atoms with Crippen LogP contribution in [0.4, 0.5) is 0 Å². The van der Waals surface area contributed by atoms with Gasteiger partial charge in [0.25, 0.3) is 5.91 Å². The summed E-state index contributed by atoms with van der Waals surface area (Å²) in [6.45, 7) is 6.94. The van der Waals surface area contributed by atoms with Crippen LogP contribution in [-0.2, 0) is 19.4 Å². The van der Waals surface area contributed by atoms with Crippen LogP contribution in [0.15, 0.2) is 29.2 Å². The van der Waals surface area contributed by atoms with E-state index in [-0.39, 0.29) is 10.5 Å². The van der Waals surface area contributed by atoms with Crippen molar-refractivity contribution in [2.24, 2.45) is 0 Å². The molecule has 0 aliphatic carbocycles. The van der Waals surface area contributed by atoms with Crippen molar-refractivity contribution in [3.05, 3.63) is 29.8 Å². The molecule has 0 aliphatic rings. The van der Waals surface area contributed by atoms with Crippen molar-refractivity contribution in [2.75, 3.05) is 6.26 Å². The third-order valence-corrected chi connectivity index (χ3v) is 3.80. The van der Waals surface area contributed by atoms with Gasteiger partial charge in [-0.05, 0) is 52.0 Å². The fraction of sp³-hybridized carbons (Fsp3) is 0.467. The van der Waals surface area contributed by atoms with Crippen molar-refractivity contribution in [2.45, 2.75) is 44.2 Å². The zero-order valence-electron chi connectivity index (χ0n) is 13.3. The number of ether oxygens (including phenoxy) is 1. The molecular formula is C15H21NO5S. The summed E-state index contributed by atoms with van der Waals surface area (Å²) in [7, 11) is -3.32. The maximum atomic E-state index is 11.9. The van der Waals surface area contributed by atoms with E-state index in [4.69, 9.17) is 4.74 Å². The Morgan fingerprint density at radius 3 is 2.05 bits per heavy atom. The highest BCUT2D eigenvalue weighted by Crippen LogP contribution is 2.12. The molecule has 122 valence electrons. The Bertz CT molecular complexity index is 656. The standard InChI is InChI=1S/C15H21NO5S/c1-10(13(17)16-15(2,3)4)21-14(18)11-6-8-12(9-7-11)22(5,19)20/h6-10H,1-5H3,(H,16,17)/t10-/m0/s1. The van der Waals surface area contributed by atoms with Crippen LogP contribution in [0.25, 0.3) is 0 Å². The van der Waals surface area contributed by atoms with E-state index in [1.807, 2.05) is 20.8 Å². The summed E-state index contributed by atoms with van der Waals surface area (Å²) in [6, 6.07) is 5.36. The molecule has 0 heterocycles. The molecular weight excluding hydrogens is 306 g/mol. The lowest BCUT2D eigenvalue weighted by molar-refractivity contribution is -0.130. The van der Waals surface area contributed by atoms with Crippen molar-refractivity contribution in [3.63, 3.8) is 0 Å². The Labute approximate surface area is 130 Å². The second-order valence-electron chi connectivity index (χ2n) is 6.08. The predicted octanol–water partition coefficient (Wildman–Crippen LogP) is 1.55. The minimum absolute atomic E-state index is 0.113. The topological polar surface area (TPSA) is 89.5 Å². The average molecular weight is 327 g/mol. The average Bonchev–Trinajstić information content (AvgIpc) is 2.35. The van der Waals surface area contributed by atoms with Gasteiger partial charge in [0.1, 0.15) is 0 Å². The molecule has 22 heavy (non-hydrogen) atoms. The van der Waals surface area contributed by atoms with Gasteiger partial charge < -0.3 is 10.1 Å². The summed E-state index contributed by atoms with van der Waals surface area (Å²) >= 11 is 0. The fourth-order valence-corrected chi connectivity index (χ4v) is 2.22. The maximum Gasteiger partial charge on any atom is 0.338 e. The van der Waals surface area contributed by atoms with Crippen LogP contribution < -0.4 is 5.32 Å². The van der Waals surface area contributed by atoms with Crippen molar-refractivity contribution in [1.29, 1.82) is 0 Å². The predicted molar refractivity (Wildman–Crippen MR) is 82.3 cm³/mol. The lowest BCUT2D eigenvalue weighted by Crippen LogP contribution is -2.46. The van der Waals surface area contributed by atoms with Gasteiger partial charge in [-0.2, -0.15) is 0 Å². The molecule has 6 nitrogen and oxygen atoms in total. The Morgan fingerprint density at radius 1 is 1.14 bits per heavy atom. The molecule has 0 radical (unpaired) electrons. The van der Waals surface area contributed by atoms with Crippen LogP contribution in [0.2, 0.25) is 0 Å². The minimum atomic E-state index is -3.32. The number of sulfone groups is 1. The minimum Gasteiger partial charge on any atom is -0.449 e. The highest BCUT2D eigenvalue weighted by Gasteiger charge is 2.23. The number of hydrogen-bond acceptors (Lipinski definition) is 5. The van der Waals surface area contributed by atoms with Gasteiger partial charge in [0.2, 0.25) is 0 Å². The number of amides is 1. The monoisotopic (exact) mass is 327 g/mol.